The quantitative estimate of drug-likeness (QED) is 0.474. The first kappa shape index (κ1) is 20.8. The van der Waals surface area contributed by atoms with Crippen molar-refractivity contribution in [1.82, 2.24) is 19.1 Å². The highest BCUT2D eigenvalue weighted by Crippen LogP contribution is 2.32. The van der Waals surface area contributed by atoms with Crippen molar-refractivity contribution in [2.75, 3.05) is 29.9 Å². The van der Waals surface area contributed by atoms with Crippen LogP contribution in [0.2, 0.25) is 0 Å². The van der Waals surface area contributed by atoms with Gasteiger partial charge >= 0.3 is 0 Å². The average Bonchev–Trinajstić information content (AvgIpc) is 3.40. The van der Waals surface area contributed by atoms with Gasteiger partial charge in [0.05, 0.1) is 22.5 Å². The number of piperidine rings is 1. The molecule has 4 heterocycles. The van der Waals surface area contributed by atoms with Gasteiger partial charge < -0.3 is 19.9 Å². The number of nitrogens with zero attached hydrogens (tertiary/aromatic N) is 4. The van der Waals surface area contributed by atoms with Crippen molar-refractivity contribution in [2.24, 2.45) is 0 Å². The van der Waals surface area contributed by atoms with Crippen LogP contribution in [0.15, 0.2) is 36.0 Å². The largest absolute Gasteiger partial charge is 0.371 e. The number of halogens is 1. The van der Waals surface area contributed by atoms with Crippen LogP contribution < -0.4 is 15.5 Å². The number of pyridine rings is 1. The minimum Gasteiger partial charge on any atom is -0.371 e. The van der Waals surface area contributed by atoms with E-state index < -0.39 is 5.82 Å². The van der Waals surface area contributed by atoms with Crippen LogP contribution in [-0.2, 0) is 0 Å². The molecule has 0 atom stereocenters. The van der Waals surface area contributed by atoms with E-state index in [1.54, 1.807) is 23.7 Å². The Balaban J connectivity index is 1.40. The van der Waals surface area contributed by atoms with Crippen molar-refractivity contribution in [3.05, 3.63) is 53.0 Å². The minimum atomic E-state index is -0.481. The molecule has 0 unspecified atom stereocenters. The summed E-state index contributed by atoms with van der Waals surface area (Å²) >= 11 is 1.34. The predicted octanol–water partition coefficient (Wildman–Crippen LogP) is 4.22. The van der Waals surface area contributed by atoms with Crippen LogP contribution in [0.3, 0.4) is 0 Å². The number of hydrogen-bond acceptors (Lipinski definition) is 6. The minimum absolute atomic E-state index is 0.240. The third-order valence-corrected chi connectivity index (χ3v) is 6.60. The number of rotatable bonds is 5. The normalized spacial score (nSPS) is 15.0. The van der Waals surface area contributed by atoms with Crippen LogP contribution in [0.1, 0.15) is 35.8 Å². The Morgan fingerprint density at radius 2 is 2.09 bits per heavy atom. The first-order valence-corrected chi connectivity index (χ1v) is 11.7. The summed E-state index contributed by atoms with van der Waals surface area (Å²) in [6.07, 6.45) is 5.58. The fourth-order valence-corrected chi connectivity index (χ4v) is 5.15. The van der Waals surface area contributed by atoms with Gasteiger partial charge in [0.25, 0.3) is 5.91 Å². The number of amides is 1. The summed E-state index contributed by atoms with van der Waals surface area (Å²) in [7, 11) is 0. The Morgan fingerprint density at radius 3 is 2.88 bits per heavy atom. The lowest BCUT2D eigenvalue weighted by Crippen LogP contribution is -2.42. The SMILES string of the molecule is CCNC1CCN(c2ccc(C(=O)Nc3cc(F)c4nc(C)cn4c3)c3nscc23)CC1. The molecule has 1 fully saturated rings. The van der Waals surface area contributed by atoms with Crippen LogP contribution >= 0.6 is 11.5 Å². The molecule has 2 N–H and O–H groups in total. The zero-order valence-electron chi connectivity index (χ0n) is 18.1. The lowest BCUT2D eigenvalue weighted by atomic mass is 10.0. The summed E-state index contributed by atoms with van der Waals surface area (Å²) < 4.78 is 20.5. The fraction of sp³-hybridized carbons (Fsp3) is 0.348. The predicted molar refractivity (Wildman–Crippen MR) is 126 cm³/mol. The molecule has 0 bridgehead atoms. The summed E-state index contributed by atoms with van der Waals surface area (Å²) in [5.74, 6) is -0.792. The fourth-order valence-electron chi connectivity index (χ4n) is 4.46. The third kappa shape index (κ3) is 3.82. The summed E-state index contributed by atoms with van der Waals surface area (Å²) in [6, 6.07) is 5.68. The zero-order chi connectivity index (χ0) is 22.2. The van der Waals surface area contributed by atoms with E-state index in [1.807, 2.05) is 17.5 Å². The molecule has 0 radical (unpaired) electrons. The third-order valence-electron chi connectivity index (χ3n) is 5.97. The van der Waals surface area contributed by atoms with E-state index in [-0.39, 0.29) is 11.6 Å². The Labute approximate surface area is 189 Å². The molecule has 5 rings (SSSR count). The Bertz CT molecular complexity index is 1290. The second-order valence-electron chi connectivity index (χ2n) is 8.17. The van der Waals surface area contributed by atoms with Crippen molar-refractivity contribution in [3.63, 3.8) is 0 Å². The Hall–Kier alpha value is -3.04. The van der Waals surface area contributed by atoms with Crippen LogP contribution in [0, 0.1) is 12.7 Å². The van der Waals surface area contributed by atoms with E-state index in [9.17, 15) is 9.18 Å². The number of aryl methyl sites for hydroxylation is 1. The summed E-state index contributed by atoms with van der Waals surface area (Å²) in [6.45, 7) is 6.87. The van der Waals surface area contributed by atoms with E-state index >= 15 is 0 Å². The number of fused-ring (bicyclic) bond motifs is 2. The van der Waals surface area contributed by atoms with Crippen molar-refractivity contribution in [1.29, 1.82) is 0 Å². The number of benzene rings is 1. The van der Waals surface area contributed by atoms with Gasteiger partial charge in [0.2, 0.25) is 0 Å². The number of hydrogen-bond donors (Lipinski definition) is 2. The Kier molecular flexibility index (Phi) is 5.52. The van der Waals surface area contributed by atoms with Gasteiger partial charge in [-0.25, -0.2) is 9.37 Å². The van der Waals surface area contributed by atoms with E-state index in [2.05, 4.69) is 31.8 Å². The highest BCUT2D eigenvalue weighted by atomic mass is 32.1. The maximum absolute atomic E-state index is 14.4. The van der Waals surface area contributed by atoms with Gasteiger partial charge in [0.1, 0.15) is 0 Å². The molecule has 1 saturated heterocycles. The highest BCUT2D eigenvalue weighted by molar-refractivity contribution is 7.05. The van der Waals surface area contributed by atoms with Gasteiger partial charge in [-0.05, 0) is 50.0 Å². The van der Waals surface area contributed by atoms with Gasteiger partial charge in [-0.3, -0.25) is 4.79 Å². The first-order valence-electron chi connectivity index (χ1n) is 10.8. The number of nitrogens with one attached hydrogen (secondary N) is 2. The molecule has 1 aliphatic rings. The van der Waals surface area contributed by atoms with Crippen LogP contribution in [0.25, 0.3) is 16.6 Å². The van der Waals surface area contributed by atoms with Gasteiger partial charge in [0, 0.05) is 54.0 Å². The van der Waals surface area contributed by atoms with Gasteiger partial charge in [-0.1, -0.05) is 6.92 Å². The van der Waals surface area contributed by atoms with Crippen molar-refractivity contribution < 1.29 is 9.18 Å². The molecule has 166 valence electrons. The molecule has 0 saturated carbocycles. The molecule has 4 aromatic rings. The summed E-state index contributed by atoms with van der Waals surface area (Å²) in [5, 5.41) is 9.33. The van der Waals surface area contributed by atoms with Crippen LogP contribution in [0.4, 0.5) is 15.8 Å². The standard InChI is InChI=1S/C23H25FN6OS/c1-3-25-15-6-8-29(9-7-15)20-5-4-17(21-18(20)13-32-28-21)23(31)27-16-10-19(24)22-26-14(2)11-30(22)12-16/h4-5,10-13,15,25H,3,6-9H2,1-2H3,(H,27,31). The number of carbonyl (C=O) groups is 1. The van der Waals surface area contributed by atoms with Crippen molar-refractivity contribution in [2.45, 2.75) is 32.7 Å². The molecule has 0 aliphatic carbocycles. The molecular weight excluding hydrogens is 427 g/mol. The maximum atomic E-state index is 14.4. The van der Waals surface area contributed by atoms with E-state index in [1.165, 1.54) is 17.6 Å². The summed E-state index contributed by atoms with van der Waals surface area (Å²) in [5.41, 5.74) is 3.59. The van der Waals surface area contributed by atoms with E-state index in [0.29, 0.717) is 28.5 Å². The molecule has 1 aliphatic heterocycles. The maximum Gasteiger partial charge on any atom is 0.257 e. The molecule has 3 aromatic heterocycles. The number of imidazole rings is 1. The van der Waals surface area contributed by atoms with Gasteiger partial charge in [-0.2, -0.15) is 4.37 Å². The molecule has 7 nitrogen and oxygen atoms in total. The smallest absolute Gasteiger partial charge is 0.257 e. The number of carbonyl (C=O) groups excluding carboxylic acids is 1. The second kappa shape index (κ2) is 8.48. The van der Waals surface area contributed by atoms with Crippen LogP contribution in [0.5, 0.6) is 0 Å². The first-order chi connectivity index (χ1) is 15.5. The second-order valence-corrected chi connectivity index (χ2v) is 8.80. The zero-order valence-corrected chi connectivity index (χ0v) is 18.9. The summed E-state index contributed by atoms with van der Waals surface area (Å²) in [4.78, 5) is 19.6. The molecular formula is C23H25FN6OS. The lowest BCUT2D eigenvalue weighted by Gasteiger charge is -2.34. The average molecular weight is 453 g/mol. The molecule has 32 heavy (non-hydrogen) atoms. The highest BCUT2D eigenvalue weighted by Gasteiger charge is 2.23. The number of anilines is 2. The van der Waals surface area contributed by atoms with Crippen molar-refractivity contribution in [3.8, 4) is 0 Å². The van der Waals surface area contributed by atoms with E-state index in [0.717, 1.165) is 43.5 Å². The molecule has 1 aromatic carbocycles. The monoisotopic (exact) mass is 452 g/mol. The Morgan fingerprint density at radius 1 is 1.28 bits per heavy atom. The topological polar surface area (TPSA) is 74.6 Å². The number of aromatic nitrogens is 3. The molecule has 1 amide bonds. The van der Waals surface area contributed by atoms with Crippen molar-refractivity contribution >= 4 is 45.4 Å². The van der Waals surface area contributed by atoms with Gasteiger partial charge in [-0.15, -0.1) is 0 Å². The lowest BCUT2D eigenvalue weighted by molar-refractivity contribution is 0.102. The molecule has 9 heteroatoms. The van der Waals surface area contributed by atoms with Crippen LogP contribution in [-0.4, -0.2) is 45.3 Å². The van der Waals surface area contributed by atoms with Gasteiger partial charge in [0.15, 0.2) is 11.5 Å². The molecule has 0 spiro atoms. The van der Waals surface area contributed by atoms with E-state index in [4.69, 9.17) is 0 Å².